The molecular weight excluding hydrogens is 314 g/mol. The van der Waals surface area contributed by atoms with Gasteiger partial charge in [0.2, 0.25) is 0 Å². The topological polar surface area (TPSA) is 33.5 Å². The Balaban J connectivity index is 1.78. The number of hydrogen-bond donors (Lipinski definition) is 0. The molecule has 3 nitrogen and oxygen atoms in total. The summed E-state index contributed by atoms with van der Waals surface area (Å²) in [6, 6.07) is 11.9. The number of nitrogens with zero attached hydrogens (tertiary/aromatic N) is 1. The third kappa shape index (κ3) is 3.15. The second kappa shape index (κ2) is 6.50. The first-order valence-electron chi connectivity index (χ1n) is 7.04. The van der Waals surface area contributed by atoms with Crippen LogP contribution in [0, 0.1) is 0 Å². The van der Waals surface area contributed by atoms with Gasteiger partial charge in [0, 0.05) is 0 Å². The van der Waals surface area contributed by atoms with Gasteiger partial charge in [0.05, 0.1) is 17.7 Å². The van der Waals surface area contributed by atoms with Gasteiger partial charge in [-0.2, -0.15) is 0 Å². The summed E-state index contributed by atoms with van der Waals surface area (Å²) >= 11 is 6.64. The molecule has 0 spiro atoms. The quantitative estimate of drug-likeness (QED) is 0.620. The van der Waals surface area contributed by atoms with Gasteiger partial charge in [-0.15, -0.1) is 0 Å². The van der Waals surface area contributed by atoms with E-state index in [4.69, 9.17) is 16.6 Å². The molecule has 2 heterocycles. The van der Waals surface area contributed by atoms with Crippen LogP contribution in [-0.2, 0) is 17.8 Å². The van der Waals surface area contributed by atoms with E-state index in [0.29, 0.717) is 15.8 Å². The van der Waals surface area contributed by atoms with Gasteiger partial charge >= 0.3 is 0 Å². The molecule has 1 amide bonds. The van der Waals surface area contributed by atoms with Crippen molar-refractivity contribution < 1.29 is 9.21 Å². The Morgan fingerprint density at radius 3 is 2.68 bits per heavy atom. The number of thioether (sulfide) groups is 1. The van der Waals surface area contributed by atoms with Crippen LogP contribution in [0.2, 0.25) is 0 Å². The highest BCUT2D eigenvalue weighted by Crippen LogP contribution is 2.33. The zero-order chi connectivity index (χ0) is 15.5. The summed E-state index contributed by atoms with van der Waals surface area (Å²) in [4.78, 5) is 14.7. The third-order valence-corrected chi connectivity index (χ3v) is 4.83. The van der Waals surface area contributed by atoms with Crippen LogP contribution < -0.4 is 0 Å². The van der Waals surface area contributed by atoms with Crippen molar-refractivity contribution in [3.63, 3.8) is 0 Å². The predicted octanol–water partition coefficient (Wildman–Crippen LogP) is 4.24. The first-order chi connectivity index (χ1) is 10.7. The second-order valence-electron chi connectivity index (χ2n) is 4.94. The number of furan rings is 1. The van der Waals surface area contributed by atoms with Crippen LogP contribution in [0.1, 0.15) is 23.8 Å². The van der Waals surface area contributed by atoms with Gasteiger partial charge in [-0.3, -0.25) is 9.69 Å². The van der Waals surface area contributed by atoms with Crippen molar-refractivity contribution >= 4 is 40.3 Å². The van der Waals surface area contributed by atoms with Crippen LogP contribution in [0.15, 0.2) is 52.0 Å². The number of hydrogen-bond acceptors (Lipinski definition) is 4. The Kier molecular flexibility index (Phi) is 4.45. The normalized spacial score (nSPS) is 16.8. The van der Waals surface area contributed by atoms with Crippen LogP contribution in [-0.4, -0.2) is 15.1 Å². The van der Waals surface area contributed by atoms with Crippen molar-refractivity contribution in [3.8, 4) is 0 Å². The molecule has 22 heavy (non-hydrogen) atoms. The van der Waals surface area contributed by atoms with E-state index in [-0.39, 0.29) is 5.91 Å². The first-order valence-corrected chi connectivity index (χ1v) is 8.26. The lowest BCUT2D eigenvalue weighted by Gasteiger charge is -2.11. The molecule has 1 aromatic carbocycles. The third-order valence-electron chi connectivity index (χ3n) is 3.45. The van der Waals surface area contributed by atoms with E-state index >= 15 is 0 Å². The molecule has 5 heteroatoms. The summed E-state index contributed by atoms with van der Waals surface area (Å²) in [5.74, 6) is 0.663. The van der Waals surface area contributed by atoms with Gasteiger partial charge in [-0.05, 0) is 35.8 Å². The van der Waals surface area contributed by atoms with Crippen molar-refractivity contribution in [2.45, 2.75) is 19.9 Å². The van der Waals surface area contributed by atoms with Gasteiger partial charge in [0.25, 0.3) is 5.91 Å². The van der Waals surface area contributed by atoms with Crippen LogP contribution in [0.4, 0.5) is 0 Å². The van der Waals surface area contributed by atoms with Crippen molar-refractivity contribution in [2.75, 3.05) is 0 Å². The first kappa shape index (κ1) is 15.1. The van der Waals surface area contributed by atoms with Crippen molar-refractivity contribution in [1.29, 1.82) is 0 Å². The summed E-state index contributed by atoms with van der Waals surface area (Å²) < 4.78 is 5.86. The van der Waals surface area contributed by atoms with Crippen molar-refractivity contribution in [3.05, 3.63) is 64.5 Å². The maximum atomic E-state index is 12.5. The number of amides is 1. The fraction of sp³-hybridized carbons (Fsp3) is 0.176. The van der Waals surface area contributed by atoms with E-state index < -0.39 is 0 Å². The summed E-state index contributed by atoms with van der Waals surface area (Å²) in [7, 11) is 0. The lowest BCUT2D eigenvalue weighted by Crippen LogP contribution is -2.27. The van der Waals surface area contributed by atoms with Gasteiger partial charge < -0.3 is 4.42 Å². The van der Waals surface area contributed by atoms with Crippen LogP contribution in [0.5, 0.6) is 0 Å². The summed E-state index contributed by atoms with van der Waals surface area (Å²) in [5, 5.41) is 0. The zero-order valence-electron chi connectivity index (χ0n) is 12.1. The predicted molar refractivity (Wildman–Crippen MR) is 93.2 cm³/mol. The van der Waals surface area contributed by atoms with Crippen LogP contribution in [0.25, 0.3) is 6.08 Å². The van der Waals surface area contributed by atoms with E-state index in [0.717, 1.165) is 17.7 Å². The average molecular weight is 329 g/mol. The molecule has 3 rings (SSSR count). The molecule has 0 atom stereocenters. The van der Waals surface area contributed by atoms with Crippen LogP contribution in [0.3, 0.4) is 0 Å². The Morgan fingerprint density at radius 1 is 1.27 bits per heavy atom. The largest absolute Gasteiger partial charge is 0.467 e. The fourth-order valence-corrected chi connectivity index (χ4v) is 3.45. The summed E-state index contributed by atoms with van der Waals surface area (Å²) in [6.45, 7) is 2.50. The molecule has 0 saturated carbocycles. The number of thiocarbonyl (C=S) groups is 1. The molecule has 0 bridgehead atoms. The Labute approximate surface area is 139 Å². The van der Waals surface area contributed by atoms with E-state index in [2.05, 4.69) is 19.1 Å². The maximum Gasteiger partial charge on any atom is 0.266 e. The molecule has 1 aliphatic heterocycles. The molecule has 0 aliphatic carbocycles. The SMILES string of the molecule is CCc1ccc(/C=C2/SC(=S)N(Cc3ccco3)C2=O)cc1. The standard InChI is InChI=1S/C17H15NO2S2/c1-2-12-5-7-13(8-6-12)10-15-16(19)18(17(21)22-15)11-14-4-3-9-20-14/h3-10H,2,11H2,1H3/b15-10+. The number of carbonyl (C=O) groups is 1. The smallest absolute Gasteiger partial charge is 0.266 e. The average Bonchev–Trinajstić information content (AvgIpc) is 3.13. The molecule has 1 fully saturated rings. The Hall–Kier alpha value is -1.85. The van der Waals surface area contributed by atoms with Gasteiger partial charge in [0.1, 0.15) is 10.1 Å². The lowest BCUT2D eigenvalue weighted by atomic mass is 10.1. The van der Waals surface area contributed by atoms with E-state index in [1.807, 2.05) is 24.3 Å². The molecular formula is C17H15NO2S2. The Morgan fingerprint density at radius 2 is 2.05 bits per heavy atom. The number of carbonyl (C=O) groups excluding carboxylic acids is 1. The molecule has 0 unspecified atom stereocenters. The van der Waals surface area contributed by atoms with Crippen molar-refractivity contribution in [1.82, 2.24) is 4.90 Å². The maximum absolute atomic E-state index is 12.5. The highest BCUT2D eigenvalue weighted by Gasteiger charge is 2.32. The summed E-state index contributed by atoms with van der Waals surface area (Å²) in [6.07, 6.45) is 4.49. The van der Waals surface area contributed by atoms with Crippen LogP contribution >= 0.6 is 24.0 Å². The highest BCUT2D eigenvalue weighted by atomic mass is 32.2. The zero-order valence-corrected chi connectivity index (χ0v) is 13.7. The summed E-state index contributed by atoms with van der Waals surface area (Å²) in [5.41, 5.74) is 2.29. The Bertz CT molecular complexity index is 718. The number of benzene rings is 1. The van der Waals surface area contributed by atoms with Gasteiger partial charge in [0.15, 0.2) is 0 Å². The number of aryl methyl sites for hydroxylation is 1. The molecule has 0 radical (unpaired) electrons. The molecule has 1 saturated heterocycles. The molecule has 112 valence electrons. The monoisotopic (exact) mass is 329 g/mol. The molecule has 1 aromatic heterocycles. The molecule has 1 aliphatic rings. The minimum Gasteiger partial charge on any atom is -0.467 e. The van der Waals surface area contributed by atoms with Crippen molar-refractivity contribution in [2.24, 2.45) is 0 Å². The highest BCUT2D eigenvalue weighted by molar-refractivity contribution is 8.26. The molecule has 0 N–H and O–H groups in total. The lowest BCUT2D eigenvalue weighted by molar-refractivity contribution is -0.122. The van der Waals surface area contributed by atoms with Gasteiger partial charge in [-0.25, -0.2) is 0 Å². The van der Waals surface area contributed by atoms with E-state index in [1.165, 1.54) is 17.3 Å². The molecule has 2 aromatic rings. The second-order valence-corrected chi connectivity index (χ2v) is 6.62. The minimum atomic E-state index is -0.0639. The van der Waals surface area contributed by atoms with Gasteiger partial charge in [-0.1, -0.05) is 55.2 Å². The van der Waals surface area contributed by atoms with E-state index in [9.17, 15) is 4.79 Å². The van der Waals surface area contributed by atoms with E-state index in [1.54, 1.807) is 17.2 Å². The number of rotatable bonds is 4. The fourth-order valence-electron chi connectivity index (χ4n) is 2.20. The minimum absolute atomic E-state index is 0.0639.